The zero-order valence-electron chi connectivity index (χ0n) is 17.5. The van der Waals surface area contributed by atoms with Gasteiger partial charge in [-0.3, -0.25) is 0 Å². The van der Waals surface area contributed by atoms with Gasteiger partial charge in [-0.25, -0.2) is 0 Å². The highest BCUT2D eigenvalue weighted by Crippen LogP contribution is 2.46. The van der Waals surface area contributed by atoms with Gasteiger partial charge in [0, 0.05) is 6.54 Å². The van der Waals surface area contributed by atoms with Crippen molar-refractivity contribution in [3.8, 4) is 0 Å². The molecule has 0 unspecified atom stereocenters. The Morgan fingerprint density at radius 1 is 0.968 bits per heavy atom. The minimum absolute atomic E-state index is 0.202. The van der Waals surface area contributed by atoms with Crippen LogP contribution in [0.3, 0.4) is 0 Å². The van der Waals surface area contributed by atoms with E-state index in [1.807, 2.05) is 30.3 Å². The van der Waals surface area contributed by atoms with Gasteiger partial charge in [-0.15, -0.1) is 0 Å². The number of hydrogen-bond donors (Lipinski definition) is 1. The summed E-state index contributed by atoms with van der Waals surface area (Å²) < 4.78 is 44.7. The van der Waals surface area contributed by atoms with Gasteiger partial charge in [-0.05, 0) is 73.8 Å². The molecule has 0 saturated heterocycles. The highest BCUT2D eigenvalue weighted by Gasteiger charge is 2.33. The fraction of sp³-hybridized carbons (Fsp3) is 0.385. The summed E-state index contributed by atoms with van der Waals surface area (Å²) in [6.45, 7) is 5.13. The molecule has 2 fully saturated rings. The van der Waals surface area contributed by atoms with Crippen LogP contribution in [0.4, 0.5) is 13.2 Å². The van der Waals surface area contributed by atoms with Crippen LogP contribution in [0.25, 0.3) is 0 Å². The molecule has 2 aromatic carbocycles. The summed E-state index contributed by atoms with van der Waals surface area (Å²) in [5.41, 5.74) is 4.53. The van der Waals surface area contributed by atoms with Crippen LogP contribution in [-0.2, 0) is 17.5 Å². The minimum Gasteiger partial charge on any atom is -0.475 e. The van der Waals surface area contributed by atoms with Crippen molar-refractivity contribution in [2.75, 3.05) is 6.54 Å². The van der Waals surface area contributed by atoms with Gasteiger partial charge in [0.2, 0.25) is 0 Å². The predicted molar refractivity (Wildman–Crippen MR) is 116 cm³/mol. The van der Waals surface area contributed by atoms with Gasteiger partial charge >= 0.3 is 6.18 Å². The lowest BCUT2D eigenvalue weighted by Gasteiger charge is -2.34. The molecule has 1 N–H and O–H groups in total. The lowest BCUT2D eigenvalue weighted by Crippen LogP contribution is -2.30. The van der Waals surface area contributed by atoms with Crippen molar-refractivity contribution in [3.05, 3.63) is 94.9 Å². The monoisotopic (exact) mass is 427 g/mol. The van der Waals surface area contributed by atoms with E-state index in [0.29, 0.717) is 25.0 Å². The van der Waals surface area contributed by atoms with E-state index in [1.165, 1.54) is 30.5 Å². The molecule has 2 atom stereocenters. The molecular weight excluding hydrogens is 399 g/mol. The Morgan fingerprint density at radius 2 is 1.68 bits per heavy atom. The summed E-state index contributed by atoms with van der Waals surface area (Å²) in [5, 5.41) is 3.30. The molecule has 2 aromatic rings. The molecule has 2 aliphatic carbocycles. The first-order valence-electron chi connectivity index (χ1n) is 10.9. The zero-order chi connectivity index (χ0) is 21.8. The van der Waals surface area contributed by atoms with Crippen molar-refractivity contribution in [3.63, 3.8) is 0 Å². The predicted octanol–water partition coefficient (Wildman–Crippen LogP) is 6.96. The third-order valence-corrected chi connectivity index (χ3v) is 6.34. The number of alkyl halides is 3. The minimum atomic E-state index is -4.30. The molecule has 0 heterocycles. The summed E-state index contributed by atoms with van der Waals surface area (Å²) in [4.78, 5) is 0. The number of rotatable bonds is 7. The summed E-state index contributed by atoms with van der Waals surface area (Å²) >= 11 is 0. The zero-order valence-corrected chi connectivity index (χ0v) is 17.5. The smallest absolute Gasteiger partial charge is 0.416 e. The van der Waals surface area contributed by atoms with Gasteiger partial charge in [-0.1, -0.05) is 53.6 Å². The Morgan fingerprint density at radius 3 is 2.32 bits per heavy atom. The van der Waals surface area contributed by atoms with Gasteiger partial charge in [0.05, 0.1) is 5.56 Å². The molecule has 31 heavy (non-hydrogen) atoms. The van der Waals surface area contributed by atoms with Crippen molar-refractivity contribution in [2.45, 2.75) is 50.8 Å². The molecular formula is C26H28F3NO. The lowest BCUT2D eigenvalue weighted by atomic mass is 9.73. The standard InChI is InChI=1S/C26H28F3NO/c1-18(31-17-19-5-3-2-4-6-19)30-16-23-10-9-22(20-7-8-20)15-25(23)21-11-13-24(14-12-21)26(27,28)29/h2-6,11-14,23,25,30H,1,7-10,15-17H2/t23-,25-/m0/s1. The van der Waals surface area contributed by atoms with Crippen molar-refractivity contribution in [2.24, 2.45) is 5.92 Å². The van der Waals surface area contributed by atoms with Crippen LogP contribution in [0, 0.1) is 5.92 Å². The average molecular weight is 428 g/mol. The quantitative estimate of drug-likeness (QED) is 0.381. The van der Waals surface area contributed by atoms with E-state index < -0.39 is 11.7 Å². The van der Waals surface area contributed by atoms with Gasteiger partial charge in [0.1, 0.15) is 6.61 Å². The lowest BCUT2D eigenvalue weighted by molar-refractivity contribution is -0.137. The Bertz CT molecular complexity index is 925. The third-order valence-electron chi connectivity index (χ3n) is 6.34. The topological polar surface area (TPSA) is 21.3 Å². The number of nitrogens with one attached hydrogen (secondary N) is 1. The summed E-state index contributed by atoms with van der Waals surface area (Å²) in [5.74, 6) is 1.05. The molecule has 164 valence electrons. The maximum atomic E-state index is 13.0. The van der Waals surface area contributed by atoms with E-state index >= 15 is 0 Å². The van der Waals surface area contributed by atoms with E-state index in [2.05, 4.69) is 11.9 Å². The average Bonchev–Trinajstić information content (AvgIpc) is 3.62. The number of hydrogen-bond acceptors (Lipinski definition) is 2. The highest BCUT2D eigenvalue weighted by atomic mass is 19.4. The van der Waals surface area contributed by atoms with Crippen LogP contribution < -0.4 is 5.32 Å². The van der Waals surface area contributed by atoms with Crippen LogP contribution in [0.5, 0.6) is 0 Å². The van der Waals surface area contributed by atoms with Crippen molar-refractivity contribution < 1.29 is 17.9 Å². The van der Waals surface area contributed by atoms with E-state index in [0.717, 1.165) is 30.4 Å². The second-order valence-corrected chi connectivity index (χ2v) is 8.51. The first-order valence-corrected chi connectivity index (χ1v) is 10.9. The molecule has 2 saturated carbocycles. The van der Waals surface area contributed by atoms with Crippen molar-refractivity contribution in [1.29, 1.82) is 0 Å². The van der Waals surface area contributed by atoms with E-state index in [9.17, 15) is 13.2 Å². The Hall–Kier alpha value is -2.69. The normalized spacial score (nSPS) is 21.0. The molecule has 0 amide bonds. The second kappa shape index (κ2) is 9.21. The molecule has 0 bridgehead atoms. The maximum absolute atomic E-state index is 13.0. The molecule has 0 radical (unpaired) electrons. The SMILES string of the molecule is C=C(NC[C@@H]1CCC(=C2CC2)C[C@H]1c1ccc(C(F)(F)F)cc1)OCc1ccccc1. The molecule has 5 heteroatoms. The molecule has 0 spiro atoms. The van der Waals surface area contributed by atoms with Gasteiger partial charge in [0.15, 0.2) is 5.88 Å². The van der Waals surface area contributed by atoms with Crippen LogP contribution in [0.1, 0.15) is 54.7 Å². The third kappa shape index (κ3) is 5.72. The van der Waals surface area contributed by atoms with E-state index in [1.54, 1.807) is 17.7 Å². The van der Waals surface area contributed by atoms with Crippen LogP contribution in [-0.4, -0.2) is 6.54 Å². The molecule has 2 nitrogen and oxygen atoms in total. The number of allylic oxidation sites excluding steroid dienone is 2. The first kappa shape index (κ1) is 21.5. The van der Waals surface area contributed by atoms with Crippen LogP contribution in [0.2, 0.25) is 0 Å². The van der Waals surface area contributed by atoms with Gasteiger partial charge < -0.3 is 10.1 Å². The van der Waals surface area contributed by atoms with E-state index in [-0.39, 0.29) is 5.92 Å². The largest absolute Gasteiger partial charge is 0.475 e. The Labute approximate surface area is 181 Å². The first-order chi connectivity index (χ1) is 14.9. The molecule has 2 aliphatic rings. The highest BCUT2D eigenvalue weighted by molar-refractivity contribution is 5.33. The number of halogens is 3. The van der Waals surface area contributed by atoms with Crippen LogP contribution in [0.15, 0.2) is 78.2 Å². The summed E-state index contributed by atoms with van der Waals surface area (Å²) in [7, 11) is 0. The van der Waals surface area contributed by atoms with Crippen molar-refractivity contribution in [1.82, 2.24) is 5.32 Å². The van der Waals surface area contributed by atoms with Crippen LogP contribution >= 0.6 is 0 Å². The second-order valence-electron chi connectivity index (χ2n) is 8.51. The summed E-state index contributed by atoms with van der Waals surface area (Å²) in [6, 6.07) is 15.6. The fourth-order valence-electron chi connectivity index (χ4n) is 4.43. The molecule has 0 aliphatic heterocycles. The molecule has 0 aromatic heterocycles. The van der Waals surface area contributed by atoms with E-state index in [4.69, 9.17) is 4.74 Å². The van der Waals surface area contributed by atoms with Gasteiger partial charge in [-0.2, -0.15) is 13.2 Å². The van der Waals surface area contributed by atoms with Gasteiger partial charge in [0.25, 0.3) is 0 Å². The number of ether oxygens (including phenoxy) is 1. The Balaban J connectivity index is 1.40. The van der Waals surface area contributed by atoms with Crippen molar-refractivity contribution >= 4 is 0 Å². The summed E-state index contributed by atoms with van der Waals surface area (Å²) in [6.07, 6.45) is 1.09. The maximum Gasteiger partial charge on any atom is 0.416 e. The molecule has 4 rings (SSSR count). The Kier molecular flexibility index (Phi) is 6.40. The number of benzene rings is 2. The fourth-order valence-corrected chi connectivity index (χ4v) is 4.43.